The minimum absolute atomic E-state index is 0. The third-order valence-electron chi connectivity index (χ3n) is 3.79. The summed E-state index contributed by atoms with van der Waals surface area (Å²) in [5, 5.41) is 9.06. The van der Waals surface area contributed by atoms with Crippen LogP contribution in [0.15, 0.2) is 18.2 Å². The number of carbonyl (C=O) groups excluding carboxylic acids is 2. The van der Waals surface area contributed by atoms with E-state index >= 15 is 0 Å². The Balaban J connectivity index is 0.00000288. The maximum Gasteiger partial charge on any atom is 0.226 e. The van der Waals surface area contributed by atoms with E-state index in [-0.39, 0.29) is 30.3 Å². The van der Waals surface area contributed by atoms with E-state index in [1.54, 1.807) is 0 Å². The van der Waals surface area contributed by atoms with Gasteiger partial charge in [0.15, 0.2) is 0 Å². The second kappa shape index (κ2) is 10.3. The molecule has 0 aliphatic carbocycles. The van der Waals surface area contributed by atoms with Gasteiger partial charge in [-0.25, -0.2) is 0 Å². The Kier molecular flexibility index (Phi) is 8.74. The van der Waals surface area contributed by atoms with Crippen LogP contribution in [0, 0.1) is 6.92 Å². The number of carbonyl (C=O) groups is 2. The van der Waals surface area contributed by atoms with Crippen LogP contribution in [0.3, 0.4) is 0 Å². The molecule has 1 aliphatic heterocycles. The number of halogens is 1. The van der Waals surface area contributed by atoms with Gasteiger partial charge in [0.25, 0.3) is 0 Å². The number of hydrogen-bond acceptors (Lipinski definition) is 4. The Morgan fingerprint density at radius 3 is 2.50 bits per heavy atom. The van der Waals surface area contributed by atoms with Crippen LogP contribution in [-0.4, -0.2) is 37.6 Å². The summed E-state index contributed by atoms with van der Waals surface area (Å²) in [5.41, 5.74) is 2.32. The van der Waals surface area contributed by atoms with Gasteiger partial charge in [0.05, 0.1) is 13.2 Å². The Bertz CT molecular complexity index is 560. The molecule has 2 rings (SSSR count). The molecule has 1 aliphatic rings. The number of amides is 2. The van der Waals surface area contributed by atoms with Gasteiger partial charge in [0.1, 0.15) is 0 Å². The first-order chi connectivity index (χ1) is 11.1. The zero-order valence-electron chi connectivity index (χ0n) is 14.2. The Morgan fingerprint density at radius 2 is 1.92 bits per heavy atom. The monoisotopic (exact) mass is 355 g/mol. The zero-order valence-corrected chi connectivity index (χ0v) is 15.0. The topological polar surface area (TPSA) is 79.5 Å². The molecule has 3 N–H and O–H groups in total. The molecule has 1 fully saturated rings. The summed E-state index contributed by atoms with van der Waals surface area (Å²) in [5.74, 6) is -0.0734. The molecule has 0 radical (unpaired) electrons. The van der Waals surface area contributed by atoms with Gasteiger partial charge in [-0.05, 0) is 31.0 Å². The summed E-state index contributed by atoms with van der Waals surface area (Å²) in [6.45, 7) is 5.87. The van der Waals surface area contributed by atoms with Gasteiger partial charge < -0.3 is 20.7 Å². The fraction of sp³-hybridized carbons (Fsp3) is 0.529. The smallest absolute Gasteiger partial charge is 0.226 e. The van der Waals surface area contributed by atoms with Crippen molar-refractivity contribution in [2.24, 2.45) is 0 Å². The molecule has 2 amide bonds. The van der Waals surface area contributed by atoms with Gasteiger partial charge in [-0.3, -0.25) is 9.59 Å². The summed E-state index contributed by atoms with van der Waals surface area (Å²) in [7, 11) is 0. The summed E-state index contributed by atoms with van der Waals surface area (Å²) in [4.78, 5) is 23.9. The maximum atomic E-state index is 12.2. The quantitative estimate of drug-likeness (QED) is 0.732. The van der Waals surface area contributed by atoms with Crippen molar-refractivity contribution in [3.05, 3.63) is 23.8 Å². The SMILES string of the molecule is CCCC(=O)Nc1cccc(NC(=O)CC2COCCN2)c1C.Cl. The third kappa shape index (κ3) is 6.11. The number of hydrogen-bond donors (Lipinski definition) is 3. The number of nitrogens with one attached hydrogen (secondary N) is 3. The lowest BCUT2D eigenvalue weighted by Gasteiger charge is -2.23. The van der Waals surface area contributed by atoms with Crippen molar-refractivity contribution in [3.63, 3.8) is 0 Å². The molecular formula is C17H26ClN3O3. The highest BCUT2D eigenvalue weighted by atomic mass is 35.5. The lowest BCUT2D eigenvalue weighted by atomic mass is 10.1. The molecule has 134 valence electrons. The summed E-state index contributed by atoms with van der Waals surface area (Å²) in [6, 6.07) is 5.56. The highest BCUT2D eigenvalue weighted by molar-refractivity contribution is 5.96. The average Bonchev–Trinajstić information content (AvgIpc) is 2.52. The van der Waals surface area contributed by atoms with Crippen LogP contribution in [0.25, 0.3) is 0 Å². The average molecular weight is 356 g/mol. The first-order valence-electron chi connectivity index (χ1n) is 8.10. The van der Waals surface area contributed by atoms with Gasteiger partial charge in [-0.2, -0.15) is 0 Å². The van der Waals surface area contributed by atoms with Crippen molar-refractivity contribution in [2.45, 2.75) is 39.2 Å². The van der Waals surface area contributed by atoms with E-state index < -0.39 is 0 Å². The molecule has 1 aromatic carbocycles. The van der Waals surface area contributed by atoms with E-state index in [0.717, 1.165) is 29.9 Å². The summed E-state index contributed by atoms with van der Waals surface area (Å²) >= 11 is 0. The van der Waals surface area contributed by atoms with Crippen LogP contribution in [-0.2, 0) is 14.3 Å². The van der Waals surface area contributed by atoms with Gasteiger partial charge in [0, 0.05) is 36.8 Å². The second-order valence-electron chi connectivity index (χ2n) is 5.75. The molecule has 1 aromatic rings. The van der Waals surface area contributed by atoms with Crippen LogP contribution < -0.4 is 16.0 Å². The van der Waals surface area contributed by atoms with Crippen LogP contribution in [0.2, 0.25) is 0 Å². The van der Waals surface area contributed by atoms with Crippen LogP contribution in [0.1, 0.15) is 31.7 Å². The van der Waals surface area contributed by atoms with Crippen molar-refractivity contribution in [1.82, 2.24) is 5.32 Å². The molecular weight excluding hydrogens is 330 g/mol. The predicted molar refractivity (Wildman–Crippen MR) is 97.8 cm³/mol. The summed E-state index contributed by atoms with van der Waals surface area (Å²) < 4.78 is 5.35. The number of anilines is 2. The molecule has 24 heavy (non-hydrogen) atoms. The van der Waals surface area contributed by atoms with Gasteiger partial charge >= 0.3 is 0 Å². The number of rotatable bonds is 6. The van der Waals surface area contributed by atoms with E-state index in [1.165, 1.54) is 0 Å². The van der Waals surface area contributed by atoms with Crippen molar-refractivity contribution in [2.75, 3.05) is 30.4 Å². The molecule has 1 unspecified atom stereocenters. The van der Waals surface area contributed by atoms with E-state index in [0.29, 0.717) is 26.1 Å². The molecule has 0 saturated carbocycles. The Morgan fingerprint density at radius 1 is 1.25 bits per heavy atom. The minimum Gasteiger partial charge on any atom is -0.378 e. The predicted octanol–water partition coefficient (Wildman–Crippen LogP) is 2.47. The molecule has 0 bridgehead atoms. The van der Waals surface area contributed by atoms with Gasteiger partial charge in [-0.15, -0.1) is 12.4 Å². The minimum atomic E-state index is -0.0619. The van der Waals surface area contributed by atoms with E-state index in [9.17, 15) is 9.59 Å². The standard InChI is InChI=1S/C17H25N3O3.ClH/c1-3-5-16(21)19-14-6-4-7-15(12(14)2)20-17(22)10-13-11-23-9-8-18-13;/h4,6-7,13,18H,3,5,8-11H2,1-2H3,(H,19,21)(H,20,22);1H. The highest BCUT2D eigenvalue weighted by Crippen LogP contribution is 2.24. The fourth-order valence-corrected chi connectivity index (χ4v) is 2.52. The molecule has 1 saturated heterocycles. The lowest BCUT2D eigenvalue weighted by Crippen LogP contribution is -2.43. The normalized spacial score (nSPS) is 16.8. The van der Waals surface area contributed by atoms with E-state index in [2.05, 4.69) is 16.0 Å². The van der Waals surface area contributed by atoms with Crippen LogP contribution in [0.4, 0.5) is 11.4 Å². The van der Waals surface area contributed by atoms with Crippen molar-refractivity contribution in [3.8, 4) is 0 Å². The molecule has 0 spiro atoms. The third-order valence-corrected chi connectivity index (χ3v) is 3.79. The van der Waals surface area contributed by atoms with Crippen molar-refractivity contribution < 1.29 is 14.3 Å². The van der Waals surface area contributed by atoms with Crippen molar-refractivity contribution >= 4 is 35.6 Å². The van der Waals surface area contributed by atoms with E-state index in [1.807, 2.05) is 32.0 Å². The molecule has 1 heterocycles. The number of morpholine rings is 1. The number of ether oxygens (including phenoxy) is 1. The Hall–Kier alpha value is -1.63. The van der Waals surface area contributed by atoms with Gasteiger partial charge in [0.2, 0.25) is 11.8 Å². The molecule has 1 atom stereocenters. The number of benzene rings is 1. The highest BCUT2D eigenvalue weighted by Gasteiger charge is 2.17. The van der Waals surface area contributed by atoms with E-state index in [4.69, 9.17) is 4.74 Å². The van der Waals surface area contributed by atoms with Crippen molar-refractivity contribution in [1.29, 1.82) is 0 Å². The first kappa shape index (κ1) is 20.4. The first-order valence-corrected chi connectivity index (χ1v) is 8.10. The molecule has 6 nitrogen and oxygen atoms in total. The lowest BCUT2D eigenvalue weighted by molar-refractivity contribution is -0.117. The fourth-order valence-electron chi connectivity index (χ4n) is 2.52. The Labute approximate surface area is 149 Å². The molecule has 7 heteroatoms. The van der Waals surface area contributed by atoms with Gasteiger partial charge in [-0.1, -0.05) is 13.0 Å². The van der Waals surface area contributed by atoms with Crippen LogP contribution in [0.5, 0.6) is 0 Å². The molecule has 0 aromatic heterocycles. The second-order valence-corrected chi connectivity index (χ2v) is 5.75. The summed E-state index contributed by atoms with van der Waals surface area (Å²) in [6.07, 6.45) is 1.66. The largest absolute Gasteiger partial charge is 0.378 e. The zero-order chi connectivity index (χ0) is 16.7. The van der Waals surface area contributed by atoms with Crippen LogP contribution >= 0.6 is 12.4 Å². The maximum absolute atomic E-state index is 12.2.